The highest BCUT2D eigenvalue weighted by atomic mass is 79.9. The van der Waals surface area contributed by atoms with E-state index in [1.165, 1.54) is 40.4 Å². The molecule has 2 aromatic rings. The first-order chi connectivity index (χ1) is 9.78. The monoisotopic (exact) mass is 350 g/mol. The topological polar surface area (TPSA) is 24.9 Å². The van der Waals surface area contributed by atoms with Gasteiger partial charge in [-0.05, 0) is 49.9 Å². The van der Waals surface area contributed by atoms with Crippen LogP contribution < -0.4 is 5.32 Å². The molecule has 2 nitrogen and oxygen atoms in total. The van der Waals surface area contributed by atoms with E-state index in [4.69, 9.17) is 4.98 Å². The lowest BCUT2D eigenvalue weighted by Crippen LogP contribution is -2.21. The van der Waals surface area contributed by atoms with Crippen LogP contribution in [-0.2, 0) is 12.8 Å². The van der Waals surface area contributed by atoms with Crippen LogP contribution in [0.4, 0.5) is 0 Å². The normalized spacial score (nSPS) is 15.9. The van der Waals surface area contributed by atoms with Crippen LogP contribution in [0, 0.1) is 0 Å². The predicted molar refractivity (Wildman–Crippen MR) is 88.4 cm³/mol. The van der Waals surface area contributed by atoms with Crippen LogP contribution in [0.15, 0.2) is 28.7 Å². The van der Waals surface area contributed by atoms with Gasteiger partial charge in [-0.15, -0.1) is 11.3 Å². The van der Waals surface area contributed by atoms with E-state index in [0.29, 0.717) is 0 Å². The molecule has 106 valence electrons. The van der Waals surface area contributed by atoms with E-state index in [2.05, 4.69) is 52.4 Å². The summed E-state index contributed by atoms with van der Waals surface area (Å²) in [5.74, 6) is 0. The lowest BCUT2D eigenvalue weighted by molar-refractivity contribution is 0.620. The molecule has 1 N–H and O–H groups in total. The van der Waals surface area contributed by atoms with Crippen molar-refractivity contribution in [3.05, 3.63) is 49.9 Å². The molecule has 1 aliphatic carbocycles. The third-order valence-electron chi connectivity index (χ3n) is 3.70. The Labute approximate surface area is 132 Å². The van der Waals surface area contributed by atoms with Crippen LogP contribution in [0.1, 0.15) is 46.9 Å². The minimum Gasteiger partial charge on any atom is -0.305 e. The molecule has 1 aromatic carbocycles. The fraction of sp³-hybridized carbons (Fsp3) is 0.438. The summed E-state index contributed by atoms with van der Waals surface area (Å²) in [6.45, 7) is 3.10. The molecule has 1 aromatic heterocycles. The number of hydrogen-bond donors (Lipinski definition) is 1. The molecule has 1 heterocycles. The molecular formula is C16H19BrN2S. The van der Waals surface area contributed by atoms with Gasteiger partial charge in [0.05, 0.1) is 11.7 Å². The summed E-state index contributed by atoms with van der Waals surface area (Å²) >= 11 is 5.46. The van der Waals surface area contributed by atoms with Crippen molar-refractivity contribution < 1.29 is 0 Å². The third kappa shape index (κ3) is 2.97. The summed E-state index contributed by atoms with van der Waals surface area (Å²) in [4.78, 5) is 6.42. The summed E-state index contributed by atoms with van der Waals surface area (Å²) in [6.07, 6.45) is 4.98. The average molecular weight is 351 g/mol. The number of halogens is 1. The zero-order chi connectivity index (χ0) is 13.9. The maximum absolute atomic E-state index is 4.92. The number of benzene rings is 1. The number of nitrogens with one attached hydrogen (secondary N) is 1. The quantitative estimate of drug-likeness (QED) is 0.878. The van der Waals surface area contributed by atoms with Crippen LogP contribution >= 0.6 is 27.3 Å². The molecule has 0 spiro atoms. The highest BCUT2D eigenvalue weighted by Crippen LogP contribution is 2.33. The highest BCUT2D eigenvalue weighted by Gasteiger charge is 2.21. The SMILES string of the molecule is CCNC(c1cccc(Br)c1)c1nc2c(s1)CCCC2. The Morgan fingerprint density at radius 1 is 1.35 bits per heavy atom. The molecule has 1 atom stereocenters. The Morgan fingerprint density at radius 2 is 2.20 bits per heavy atom. The van der Waals surface area contributed by atoms with Gasteiger partial charge in [-0.3, -0.25) is 0 Å². The van der Waals surface area contributed by atoms with E-state index >= 15 is 0 Å². The Bertz CT molecular complexity index is 570. The lowest BCUT2D eigenvalue weighted by Gasteiger charge is -2.16. The van der Waals surface area contributed by atoms with Gasteiger partial charge in [-0.25, -0.2) is 4.98 Å². The van der Waals surface area contributed by atoms with Crippen molar-refractivity contribution in [2.75, 3.05) is 6.54 Å². The average Bonchev–Trinajstić information content (AvgIpc) is 2.88. The number of aromatic nitrogens is 1. The fourth-order valence-electron chi connectivity index (χ4n) is 2.73. The second-order valence-corrected chi connectivity index (χ2v) is 7.21. The second kappa shape index (κ2) is 6.37. The zero-order valence-electron chi connectivity index (χ0n) is 11.7. The molecule has 0 saturated heterocycles. The van der Waals surface area contributed by atoms with Gasteiger partial charge >= 0.3 is 0 Å². The van der Waals surface area contributed by atoms with Crippen LogP contribution in [0.2, 0.25) is 0 Å². The number of aryl methyl sites for hydroxylation is 2. The van der Waals surface area contributed by atoms with Gasteiger partial charge in [-0.2, -0.15) is 0 Å². The Hall–Kier alpha value is -0.710. The van der Waals surface area contributed by atoms with E-state index in [1.807, 2.05) is 11.3 Å². The molecule has 1 aliphatic rings. The summed E-state index contributed by atoms with van der Waals surface area (Å²) in [7, 11) is 0. The molecule has 0 bridgehead atoms. The Kier molecular flexibility index (Phi) is 4.54. The number of fused-ring (bicyclic) bond motifs is 1. The van der Waals surface area contributed by atoms with Gasteiger partial charge < -0.3 is 5.32 Å². The minimum absolute atomic E-state index is 0.216. The third-order valence-corrected chi connectivity index (χ3v) is 5.41. The summed E-state index contributed by atoms with van der Waals surface area (Å²) < 4.78 is 1.12. The van der Waals surface area contributed by atoms with Gasteiger partial charge in [0, 0.05) is 9.35 Å². The van der Waals surface area contributed by atoms with Crippen molar-refractivity contribution in [1.29, 1.82) is 0 Å². The molecule has 0 aliphatic heterocycles. The number of nitrogens with zero attached hydrogens (tertiary/aromatic N) is 1. The van der Waals surface area contributed by atoms with Gasteiger partial charge in [0.2, 0.25) is 0 Å². The van der Waals surface area contributed by atoms with Crippen LogP contribution in [0.25, 0.3) is 0 Å². The molecule has 3 rings (SSSR count). The van der Waals surface area contributed by atoms with E-state index < -0.39 is 0 Å². The largest absolute Gasteiger partial charge is 0.305 e. The highest BCUT2D eigenvalue weighted by molar-refractivity contribution is 9.10. The molecule has 4 heteroatoms. The molecule has 0 fully saturated rings. The summed E-state index contributed by atoms with van der Waals surface area (Å²) in [5.41, 5.74) is 2.63. The van der Waals surface area contributed by atoms with E-state index in [0.717, 1.165) is 17.4 Å². The molecule has 0 saturated carbocycles. The molecule has 0 amide bonds. The summed E-state index contributed by atoms with van der Waals surface area (Å²) in [6, 6.07) is 8.75. The number of thiazole rings is 1. The van der Waals surface area contributed by atoms with Crippen molar-refractivity contribution in [2.45, 2.75) is 38.6 Å². The zero-order valence-corrected chi connectivity index (χ0v) is 14.1. The number of hydrogen-bond acceptors (Lipinski definition) is 3. The van der Waals surface area contributed by atoms with Gasteiger partial charge in [0.1, 0.15) is 5.01 Å². The van der Waals surface area contributed by atoms with Crippen LogP contribution in [0.5, 0.6) is 0 Å². The van der Waals surface area contributed by atoms with Crippen LogP contribution in [0.3, 0.4) is 0 Å². The molecular weight excluding hydrogens is 332 g/mol. The van der Waals surface area contributed by atoms with E-state index in [1.54, 1.807) is 0 Å². The maximum atomic E-state index is 4.92. The molecule has 0 radical (unpaired) electrons. The van der Waals surface area contributed by atoms with Gasteiger partial charge in [0.25, 0.3) is 0 Å². The predicted octanol–water partition coefficient (Wildman–Crippen LogP) is 4.48. The first kappa shape index (κ1) is 14.2. The first-order valence-corrected chi connectivity index (χ1v) is 8.86. The molecule has 20 heavy (non-hydrogen) atoms. The van der Waals surface area contributed by atoms with Crippen LogP contribution in [-0.4, -0.2) is 11.5 Å². The Morgan fingerprint density at radius 3 is 2.95 bits per heavy atom. The van der Waals surface area contributed by atoms with Crippen molar-refractivity contribution in [2.24, 2.45) is 0 Å². The smallest absolute Gasteiger partial charge is 0.115 e. The van der Waals surface area contributed by atoms with Crippen molar-refractivity contribution in [3.63, 3.8) is 0 Å². The maximum Gasteiger partial charge on any atom is 0.115 e. The Balaban J connectivity index is 1.95. The standard InChI is InChI=1S/C16H19BrN2S/c1-2-18-15(11-6-5-7-12(17)10-11)16-19-13-8-3-4-9-14(13)20-16/h5-7,10,15,18H,2-4,8-9H2,1H3. The molecule has 1 unspecified atom stereocenters. The van der Waals surface area contributed by atoms with Crippen molar-refractivity contribution in [1.82, 2.24) is 10.3 Å². The van der Waals surface area contributed by atoms with E-state index in [9.17, 15) is 0 Å². The van der Waals surface area contributed by atoms with E-state index in [-0.39, 0.29) is 6.04 Å². The fourth-order valence-corrected chi connectivity index (χ4v) is 4.41. The second-order valence-electron chi connectivity index (χ2n) is 5.17. The van der Waals surface area contributed by atoms with Gasteiger partial charge in [-0.1, -0.05) is 35.0 Å². The summed E-state index contributed by atoms with van der Waals surface area (Å²) in [5, 5.41) is 4.80. The minimum atomic E-state index is 0.216. The number of rotatable bonds is 4. The van der Waals surface area contributed by atoms with Crippen molar-refractivity contribution in [3.8, 4) is 0 Å². The van der Waals surface area contributed by atoms with Gasteiger partial charge in [0.15, 0.2) is 0 Å². The first-order valence-electron chi connectivity index (χ1n) is 7.25. The lowest BCUT2D eigenvalue weighted by atomic mass is 10.0. The van der Waals surface area contributed by atoms with Crippen molar-refractivity contribution >= 4 is 27.3 Å².